The number of nitriles is 1. The van der Waals surface area contributed by atoms with Gasteiger partial charge >= 0.3 is 0 Å². The first-order chi connectivity index (χ1) is 11.7. The van der Waals surface area contributed by atoms with Gasteiger partial charge in [0.05, 0.1) is 33.0 Å². The summed E-state index contributed by atoms with van der Waals surface area (Å²) in [7, 11) is 4.73. The number of aryl methyl sites for hydroxylation is 1. The van der Waals surface area contributed by atoms with E-state index in [0.717, 1.165) is 17.5 Å². The van der Waals surface area contributed by atoms with Crippen LogP contribution >= 0.6 is 0 Å². The molecule has 0 fully saturated rings. The number of rotatable bonds is 6. The summed E-state index contributed by atoms with van der Waals surface area (Å²) in [5, 5.41) is 9.54. The molecule has 2 aromatic carbocycles. The van der Waals surface area contributed by atoms with Crippen LogP contribution in [0, 0.1) is 11.3 Å². The van der Waals surface area contributed by atoms with Crippen LogP contribution in [0.2, 0.25) is 0 Å². The lowest BCUT2D eigenvalue weighted by Crippen LogP contribution is -1.95. The lowest BCUT2D eigenvalue weighted by Gasteiger charge is -2.12. The highest BCUT2D eigenvalue weighted by Crippen LogP contribution is 2.36. The maximum Gasteiger partial charge on any atom is 0.164 e. The van der Waals surface area contributed by atoms with Crippen LogP contribution in [0.1, 0.15) is 23.6 Å². The van der Waals surface area contributed by atoms with Gasteiger partial charge in [0.15, 0.2) is 11.5 Å². The molecule has 0 bridgehead atoms. The van der Waals surface area contributed by atoms with E-state index < -0.39 is 0 Å². The van der Waals surface area contributed by atoms with Crippen LogP contribution in [0.15, 0.2) is 36.4 Å². The zero-order valence-electron chi connectivity index (χ0n) is 14.4. The van der Waals surface area contributed by atoms with Crippen molar-refractivity contribution < 1.29 is 14.2 Å². The molecule has 124 valence electrons. The average Bonchev–Trinajstić information content (AvgIpc) is 2.65. The number of allylic oxidation sites excluding steroid dienone is 1. The molecule has 0 saturated carbocycles. The summed E-state index contributed by atoms with van der Waals surface area (Å²) < 4.78 is 16.0. The summed E-state index contributed by atoms with van der Waals surface area (Å²) in [5.74, 6) is 1.78. The van der Waals surface area contributed by atoms with E-state index in [1.807, 2.05) is 24.3 Å². The fraction of sp³-hybridized carbons (Fsp3) is 0.250. The Morgan fingerprint density at radius 3 is 2.04 bits per heavy atom. The molecule has 0 radical (unpaired) electrons. The van der Waals surface area contributed by atoms with Crippen molar-refractivity contribution in [2.45, 2.75) is 13.3 Å². The maximum atomic E-state index is 9.54. The van der Waals surface area contributed by atoms with Crippen molar-refractivity contribution in [3.8, 4) is 23.3 Å². The Kier molecular flexibility index (Phi) is 5.86. The topological polar surface area (TPSA) is 51.5 Å². The molecule has 0 aliphatic heterocycles. The van der Waals surface area contributed by atoms with Gasteiger partial charge in [-0.1, -0.05) is 31.2 Å². The Balaban J connectivity index is 2.51. The van der Waals surface area contributed by atoms with Gasteiger partial charge in [-0.3, -0.25) is 0 Å². The minimum Gasteiger partial charge on any atom is -0.496 e. The number of ether oxygens (including phenoxy) is 3. The van der Waals surface area contributed by atoms with Crippen molar-refractivity contribution in [3.05, 3.63) is 53.1 Å². The summed E-state index contributed by atoms with van der Waals surface area (Å²) in [5.41, 5.74) is 3.42. The molecule has 24 heavy (non-hydrogen) atoms. The molecule has 0 N–H and O–H groups in total. The number of hydrogen-bond donors (Lipinski definition) is 0. The molecule has 0 aliphatic carbocycles. The molecule has 2 rings (SSSR count). The molecule has 0 atom stereocenters. The summed E-state index contributed by atoms with van der Waals surface area (Å²) >= 11 is 0. The summed E-state index contributed by atoms with van der Waals surface area (Å²) in [6.07, 6.45) is 2.76. The third-order valence-electron chi connectivity index (χ3n) is 3.83. The summed E-state index contributed by atoms with van der Waals surface area (Å²) in [6, 6.07) is 13.8. The fourth-order valence-corrected chi connectivity index (χ4v) is 2.42. The Morgan fingerprint density at radius 2 is 1.54 bits per heavy atom. The van der Waals surface area contributed by atoms with Gasteiger partial charge in [0.25, 0.3) is 0 Å². The van der Waals surface area contributed by atoms with E-state index >= 15 is 0 Å². The Labute approximate surface area is 142 Å². The SMILES string of the molecule is CCc1ccc(/C(C#N)=C/c2cc(OC)c(OC)cc2OC)cc1. The van der Waals surface area contributed by atoms with Crippen molar-refractivity contribution in [2.24, 2.45) is 0 Å². The van der Waals surface area contributed by atoms with Crippen LogP contribution in [0.3, 0.4) is 0 Å². The molecule has 0 saturated heterocycles. The zero-order valence-corrected chi connectivity index (χ0v) is 14.4. The van der Waals surface area contributed by atoms with Crippen LogP contribution in [0.25, 0.3) is 11.6 Å². The molecule has 0 spiro atoms. The van der Waals surface area contributed by atoms with Gasteiger partial charge in [-0.05, 0) is 29.7 Å². The van der Waals surface area contributed by atoms with Gasteiger partial charge in [-0.25, -0.2) is 0 Å². The Morgan fingerprint density at radius 1 is 0.958 bits per heavy atom. The first-order valence-corrected chi connectivity index (χ1v) is 7.67. The van der Waals surface area contributed by atoms with Crippen molar-refractivity contribution in [1.82, 2.24) is 0 Å². The number of methoxy groups -OCH3 is 3. The monoisotopic (exact) mass is 323 g/mol. The largest absolute Gasteiger partial charge is 0.496 e. The molecule has 4 heteroatoms. The second kappa shape index (κ2) is 8.07. The van der Waals surface area contributed by atoms with Gasteiger partial charge in [0, 0.05) is 11.6 Å². The predicted molar refractivity (Wildman–Crippen MR) is 95.4 cm³/mol. The normalized spacial score (nSPS) is 10.9. The van der Waals surface area contributed by atoms with E-state index in [1.54, 1.807) is 39.5 Å². The standard InChI is InChI=1S/C20H21NO3/c1-5-14-6-8-15(9-7-14)17(13-21)10-16-11-19(23-3)20(24-4)12-18(16)22-2/h6-12H,5H2,1-4H3/b17-10+. The lowest BCUT2D eigenvalue weighted by atomic mass is 10.0. The number of nitrogens with zero attached hydrogens (tertiary/aromatic N) is 1. The highest BCUT2D eigenvalue weighted by Gasteiger charge is 2.12. The summed E-state index contributed by atoms with van der Waals surface area (Å²) in [6.45, 7) is 2.10. The molecular formula is C20H21NO3. The predicted octanol–water partition coefficient (Wildman–Crippen LogP) is 4.34. The van der Waals surface area contributed by atoms with E-state index in [2.05, 4.69) is 13.0 Å². The van der Waals surface area contributed by atoms with Gasteiger partial charge in [-0.15, -0.1) is 0 Å². The molecule has 0 heterocycles. The van der Waals surface area contributed by atoms with Crippen LogP contribution in [0.5, 0.6) is 17.2 Å². The zero-order chi connectivity index (χ0) is 17.5. The molecule has 4 nitrogen and oxygen atoms in total. The van der Waals surface area contributed by atoms with E-state index in [9.17, 15) is 5.26 Å². The van der Waals surface area contributed by atoms with E-state index in [0.29, 0.717) is 22.8 Å². The molecule has 0 aromatic heterocycles. The first-order valence-electron chi connectivity index (χ1n) is 7.67. The Hall–Kier alpha value is -2.93. The van der Waals surface area contributed by atoms with E-state index in [1.165, 1.54) is 5.56 Å². The van der Waals surface area contributed by atoms with Gasteiger partial charge in [0.1, 0.15) is 5.75 Å². The Bertz CT molecular complexity index is 771. The van der Waals surface area contributed by atoms with Crippen LogP contribution < -0.4 is 14.2 Å². The third-order valence-corrected chi connectivity index (χ3v) is 3.83. The quantitative estimate of drug-likeness (QED) is 0.586. The second-order valence-electron chi connectivity index (χ2n) is 5.17. The highest BCUT2D eigenvalue weighted by molar-refractivity contribution is 5.91. The van der Waals surface area contributed by atoms with Crippen molar-refractivity contribution in [1.29, 1.82) is 5.26 Å². The fourth-order valence-electron chi connectivity index (χ4n) is 2.42. The minimum absolute atomic E-state index is 0.558. The maximum absolute atomic E-state index is 9.54. The van der Waals surface area contributed by atoms with Crippen molar-refractivity contribution in [3.63, 3.8) is 0 Å². The van der Waals surface area contributed by atoms with Crippen LogP contribution in [-0.2, 0) is 6.42 Å². The minimum atomic E-state index is 0.558. The van der Waals surface area contributed by atoms with Crippen LogP contribution in [-0.4, -0.2) is 21.3 Å². The molecule has 0 amide bonds. The average molecular weight is 323 g/mol. The highest BCUT2D eigenvalue weighted by atomic mass is 16.5. The van der Waals surface area contributed by atoms with Crippen molar-refractivity contribution >= 4 is 11.6 Å². The van der Waals surface area contributed by atoms with Crippen molar-refractivity contribution in [2.75, 3.05) is 21.3 Å². The number of hydrogen-bond acceptors (Lipinski definition) is 4. The second-order valence-corrected chi connectivity index (χ2v) is 5.17. The first kappa shape index (κ1) is 17.4. The van der Waals surface area contributed by atoms with Gasteiger partial charge in [0.2, 0.25) is 0 Å². The van der Waals surface area contributed by atoms with Gasteiger partial charge < -0.3 is 14.2 Å². The van der Waals surface area contributed by atoms with Gasteiger partial charge in [-0.2, -0.15) is 5.26 Å². The molecule has 0 unspecified atom stereocenters. The summed E-state index contributed by atoms with van der Waals surface area (Å²) in [4.78, 5) is 0. The lowest BCUT2D eigenvalue weighted by molar-refractivity contribution is 0.348. The molecule has 0 aliphatic rings. The van der Waals surface area contributed by atoms with E-state index in [4.69, 9.17) is 14.2 Å². The van der Waals surface area contributed by atoms with E-state index in [-0.39, 0.29) is 0 Å². The molecular weight excluding hydrogens is 302 g/mol. The van der Waals surface area contributed by atoms with Crippen LogP contribution in [0.4, 0.5) is 0 Å². The number of benzene rings is 2. The third kappa shape index (κ3) is 3.69. The molecule has 2 aromatic rings. The smallest absolute Gasteiger partial charge is 0.164 e.